The van der Waals surface area contributed by atoms with Crippen LogP contribution in [0.5, 0.6) is 0 Å². The van der Waals surface area contributed by atoms with Crippen LogP contribution in [0.1, 0.15) is 51.0 Å². The SMILES string of the molecule is O=c1ccc2cnc(NC3CCCCC3)nc2n1C1CCNCC1. The van der Waals surface area contributed by atoms with Crippen molar-refractivity contribution in [2.75, 3.05) is 18.4 Å². The minimum absolute atomic E-state index is 0.0386. The number of fused-ring (bicyclic) bond motifs is 1. The molecule has 2 aromatic heterocycles. The van der Waals surface area contributed by atoms with E-state index in [4.69, 9.17) is 4.98 Å². The highest BCUT2D eigenvalue weighted by molar-refractivity contribution is 5.75. The van der Waals surface area contributed by atoms with Crippen molar-refractivity contribution in [2.24, 2.45) is 0 Å². The number of rotatable bonds is 3. The van der Waals surface area contributed by atoms with E-state index < -0.39 is 0 Å². The van der Waals surface area contributed by atoms with Crippen molar-refractivity contribution in [3.8, 4) is 0 Å². The van der Waals surface area contributed by atoms with Gasteiger partial charge >= 0.3 is 0 Å². The molecular formula is C18H25N5O. The van der Waals surface area contributed by atoms with Crippen molar-refractivity contribution >= 4 is 17.0 Å². The van der Waals surface area contributed by atoms with Gasteiger partial charge in [0.1, 0.15) is 5.65 Å². The molecule has 24 heavy (non-hydrogen) atoms. The predicted octanol–water partition coefficient (Wildman–Crippen LogP) is 2.46. The van der Waals surface area contributed by atoms with Gasteiger partial charge < -0.3 is 10.6 Å². The lowest BCUT2D eigenvalue weighted by atomic mass is 9.96. The Hall–Kier alpha value is -1.95. The van der Waals surface area contributed by atoms with Crippen molar-refractivity contribution in [1.29, 1.82) is 0 Å². The maximum Gasteiger partial charge on any atom is 0.252 e. The molecule has 0 atom stereocenters. The second-order valence-corrected chi connectivity index (χ2v) is 6.97. The number of aromatic nitrogens is 3. The van der Waals surface area contributed by atoms with E-state index in [0.29, 0.717) is 12.0 Å². The van der Waals surface area contributed by atoms with Gasteiger partial charge in [-0.15, -0.1) is 0 Å². The highest BCUT2D eigenvalue weighted by Gasteiger charge is 2.20. The number of piperidine rings is 1. The Balaban J connectivity index is 1.69. The summed E-state index contributed by atoms with van der Waals surface area (Å²) in [7, 11) is 0. The predicted molar refractivity (Wildman–Crippen MR) is 95.4 cm³/mol. The third-order valence-corrected chi connectivity index (χ3v) is 5.28. The minimum Gasteiger partial charge on any atom is -0.351 e. The fraction of sp³-hybridized carbons (Fsp3) is 0.611. The van der Waals surface area contributed by atoms with Crippen LogP contribution >= 0.6 is 0 Å². The number of pyridine rings is 1. The van der Waals surface area contributed by atoms with Gasteiger partial charge in [-0.25, -0.2) is 4.98 Å². The summed E-state index contributed by atoms with van der Waals surface area (Å²) in [6.45, 7) is 1.90. The van der Waals surface area contributed by atoms with Gasteiger partial charge in [-0.1, -0.05) is 19.3 Å². The average molecular weight is 327 g/mol. The Kier molecular flexibility index (Phi) is 4.47. The van der Waals surface area contributed by atoms with E-state index in [1.54, 1.807) is 6.07 Å². The van der Waals surface area contributed by atoms with Crippen LogP contribution < -0.4 is 16.2 Å². The zero-order valence-electron chi connectivity index (χ0n) is 14.0. The highest BCUT2D eigenvalue weighted by atomic mass is 16.1. The number of hydrogen-bond acceptors (Lipinski definition) is 5. The van der Waals surface area contributed by atoms with Crippen molar-refractivity contribution in [1.82, 2.24) is 19.9 Å². The van der Waals surface area contributed by atoms with Crippen molar-refractivity contribution in [3.05, 3.63) is 28.7 Å². The van der Waals surface area contributed by atoms with Crippen LogP contribution in [0.25, 0.3) is 11.0 Å². The monoisotopic (exact) mass is 327 g/mol. The first-order valence-electron chi connectivity index (χ1n) is 9.17. The molecule has 3 heterocycles. The first kappa shape index (κ1) is 15.6. The van der Waals surface area contributed by atoms with Gasteiger partial charge in [0, 0.05) is 29.7 Å². The van der Waals surface area contributed by atoms with Gasteiger partial charge in [-0.2, -0.15) is 4.98 Å². The van der Waals surface area contributed by atoms with Gasteiger partial charge in [-0.05, 0) is 44.8 Å². The first-order chi connectivity index (χ1) is 11.8. The third-order valence-electron chi connectivity index (χ3n) is 5.28. The molecule has 6 nitrogen and oxygen atoms in total. The van der Waals surface area contributed by atoms with Crippen LogP contribution in [0.2, 0.25) is 0 Å². The van der Waals surface area contributed by atoms with E-state index in [-0.39, 0.29) is 11.6 Å². The Morgan fingerprint density at radius 1 is 1.08 bits per heavy atom. The Labute approximate surface area is 141 Å². The fourth-order valence-electron chi connectivity index (χ4n) is 3.96. The first-order valence-corrected chi connectivity index (χ1v) is 9.17. The van der Waals surface area contributed by atoms with Crippen molar-refractivity contribution in [3.63, 3.8) is 0 Å². The Morgan fingerprint density at radius 2 is 1.88 bits per heavy atom. The summed E-state index contributed by atoms with van der Waals surface area (Å²) < 4.78 is 1.88. The lowest BCUT2D eigenvalue weighted by Crippen LogP contribution is -2.34. The van der Waals surface area contributed by atoms with Crippen LogP contribution in [0.3, 0.4) is 0 Å². The van der Waals surface area contributed by atoms with E-state index in [9.17, 15) is 4.79 Å². The lowest BCUT2D eigenvalue weighted by molar-refractivity contribution is 0.367. The minimum atomic E-state index is 0.0386. The van der Waals surface area contributed by atoms with E-state index in [0.717, 1.165) is 37.0 Å². The summed E-state index contributed by atoms with van der Waals surface area (Å²) >= 11 is 0. The van der Waals surface area contributed by atoms with Crippen LogP contribution in [0, 0.1) is 0 Å². The topological polar surface area (TPSA) is 71.8 Å². The molecule has 2 N–H and O–H groups in total. The average Bonchev–Trinajstić information content (AvgIpc) is 2.63. The standard InChI is InChI=1S/C18H25N5O/c24-16-7-6-13-12-20-18(21-14-4-2-1-3-5-14)22-17(13)23(16)15-8-10-19-11-9-15/h6-7,12,14-15,19H,1-5,8-11H2,(H,20,21,22). The molecule has 1 aliphatic heterocycles. The van der Waals surface area contributed by atoms with Crippen LogP contribution in [0.15, 0.2) is 23.1 Å². The molecule has 0 unspecified atom stereocenters. The smallest absolute Gasteiger partial charge is 0.252 e. The van der Waals surface area contributed by atoms with Gasteiger partial charge in [0.05, 0.1) is 0 Å². The Morgan fingerprint density at radius 3 is 2.67 bits per heavy atom. The van der Waals surface area contributed by atoms with E-state index in [1.165, 1.54) is 32.1 Å². The molecule has 1 aliphatic carbocycles. The molecule has 128 valence electrons. The molecule has 0 amide bonds. The zero-order valence-corrected chi connectivity index (χ0v) is 14.0. The van der Waals surface area contributed by atoms with E-state index >= 15 is 0 Å². The molecule has 0 radical (unpaired) electrons. The summed E-state index contributed by atoms with van der Waals surface area (Å²) in [6, 6.07) is 4.15. The number of nitrogens with one attached hydrogen (secondary N) is 2. The number of hydrogen-bond donors (Lipinski definition) is 2. The maximum atomic E-state index is 12.5. The van der Waals surface area contributed by atoms with E-state index in [2.05, 4.69) is 15.6 Å². The van der Waals surface area contributed by atoms with Gasteiger partial charge in [0.2, 0.25) is 5.95 Å². The largest absolute Gasteiger partial charge is 0.351 e. The molecule has 0 spiro atoms. The van der Waals surface area contributed by atoms with Crippen LogP contribution in [-0.2, 0) is 0 Å². The third kappa shape index (κ3) is 3.15. The lowest BCUT2D eigenvalue weighted by Gasteiger charge is -2.26. The molecular weight excluding hydrogens is 302 g/mol. The molecule has 0 bridgehead atoms. The second kappa shape index (κ2) is 6.89. The molecule has 0 aromatic carbocycles. The molecule has 2 aliphatic rings. The molecule has 2 aromatic rings. The summed E-state index contributed by atoms with van der Waals surface area (Å²) in [6.07, 6.45) is 9.99. The summed E-state index contributed by atoms with van der Waals surface area (Å²) in [4.78, 5) is 21.7. The molecule has 1 saturated heterocycles. The zero-order chi connectivity index (χ0) is 16.4. The van der Waals surface area contributed by atoms with Gasteiger partial charge in [0.25, 0.3) is 5.56 Å². The van der Waals surface area contributed by atoms with Gasteiger partial charge in [-0.3, -0.25) is 9.36 Å². The van der Waals surface area contributed by atoms with Crippen LogP contribution in [-0.4, -0.2) is 33.7 Å². The number of anilines is 1. The molecule has 4 rings (SSSR count). The second-order valence-electron chi connectivity index (χ2n) is 6.97. The quantitative estimate of drug-likeness (QED) is 0.906. The number of nitrogens with zero attached hydrogens (tertiary/aromatic N) is 3. The summed E-state index contributed by atoms with van der Waals surface area (Å²) in [5.74, 6) is 0.655. The fourth-order valence-corrected chi connectivity index (χ4v) is 3.96. The normalized spacial score (nSPS) is 20.3. The highest BCUT2D eigenvalue weighted by Crippen LogP contribution is 2.23. The summed E-state index contributed by atoms with van der Waals surface area (Å²) in [5, 5.41) is 7.76. The van der Waals surface area contributed by atoms with Gasteiger partial charge in [0.15, 0.2) is 0 Å². The summed E-state index contributed by atoms with van der Waals surface area (Å²) in [5.41, 5.74) is 0.805. The maximum absolute atomic E-state index is 12.5. The van der Waals surface area contributed by atoms with E-state index in [1.807, 2.05) is 16.8 Å². The van der Waals surface area contributed by atoms with Crippen LogP contribution in [0.4, 0.5) is 5.95 Å². The molecule has 2 fully saturated rings. The molecule has 6 heteroatoms. The Bertz CT molecular complexity index is 760. The molecule has 1 saturated carbocycles. The van der Waals surface area contributed by atoms with Crippen molar-refractivity contribution < 1.29 is 0 Å². The van der Waals surface area contributed by atoms with Crippen molar-refractivity contribution in [2.45, 2.75) is 57.0 Å².